The summed E-state index contributed by atoms with van der Waals surface area (Å²) in [5.74, 6) is 1.28. The maximum absolute atomic E-state index is 13.0. The fraction of sp³-hybridized carbons (Fsp3) is 0.435. The van der Waals surface area contributed by atoms with E-state index in [1.807, 2.05) is 18.0 Å². The van der Waals surface area contributed by atoms with E-state index in [0.29, 0.717) is 44.5 Å². The van der Waals surface area contributed by atoms with Gasteiger partial charge in [-0.05, 0) is 37.6 Å². The van der Waals surface area contributed by atoms with Crippen molar-refractivity contribution in [3.63, 3.8) is 0 Å². The number of benzene rings is 1. The fourth-order valence-corrected chi connectivity index (χ4v) is 6.12. The third kappa shape index (κ3) is 4.56. The van der Waals surface area contributed by atoms with Crippen molar-refractivity contribution in [2.45, 2.75) is 24.8 Å². The zero-order valence-electron chi connectivity index (χ0n) is 19.9. The SMILES string of the molecule is Cc1c[nH]c2ncnc(N3CCN(C(N)=Nc4cccc(S(=O)(=O)N5CCOCC5)c4)[C@@H](C)C3)c12. The standard InChI is InChI=1S/C23H30N8O3S/c1-16-13-25-21-20(16)22(27-15-26-21)29-6-7-31(17(2)14-29)23(24)28-18-4-3-5-19(12-18)35(32,33)30-8-10-34-11-9-30/h3-5,12-13,15,17H,6-11,14H2,1-2H3,(H2,24,28)(H,25,26,27)/t17-/m0/s1. The monoisotopic (exact) mass is 498 g/mol. The van der Waals surface area contributed by atoms with Crippen LogP contribution >= 0.6 is 0 Å². The predicted molar refractivity (Wildman–Crippen MR) is 134 cm³/mol. The normalized spacial score (nSPS) is 20.5. The Hall–Kier alpha value is -3.22. The summed E-state index contributed by atoms with van der Waals surface area (Å²) >= 11 is 0. The number of ether oxygens (including phenoxy) is 1. The van der Waals surface area contributed by atoms with Crippen molar-refractivity contribution in [2.24, 2.45) is 10.7 Å². The van der Waals surface area contributed by atoms with Gasteiger partial charge in [-0.3, -0.25) is 0 Å². The number of aryl methyl sites for hydroxylation is 1. The van der Waals surface area contributed by atoms with Crippen LogP contribution in [0.4, 0.5) is 11.5 Å². The zero-order valence-corrected chi connectivity index (χ0v) is 20.7. The van der Waals surface area contributed by atoms with Gasteiger partial charge in [-0.25, -0.2) is 23.4 Å². The topological polar surface area (TPSA) is 133 Å². The largest absolute Gasteiger partial charge is 0.379 e. The summed E-state index contributed by atoms with van der Waals surface area (Å²) in [6, 6.07) is 6.70. The van der Waals surface area contributed by atoms with Gasteiger partial charge in [0, 0.05) is 45.0 Å². The zero-order chi connectivity index (χ0) is 24.6. The molecule has 0 spiro atoms. The van der Waals surface area contributed by atoms with Crippen molar-refractivity contribution in [1.82, 2.24) is 24.2 Å². The number of anilines is 1. The minimum atomic E-state index is -3.60. The van der Waals surface area contributed by atoms with E-state index in [0.717, 1.165) is 35.5 Å². The van der Waals surface area contributed by atoms with E-state index < -0.39 is 10.0 Å². The molecule has 0 saturated carbocycles. The minimum Gasteiger partial charge on any atom is -0.379 e. The summed E-state index contributed by atoms with van der Waals surface area (Å²) in [6.07, 6.45) is 3.53. The Morgan fingerprint density at radius 2 is 2.00 bits per heavy atom. The molecule has 12 heteroatoms. The Kier molecular flexibility index (Phi) is 6.34. The highest BCUT2D eigenvalue weighted by Gasteiger charge is 2.29. The smallest absolute Gasteiger partial charge is 0.243 e. The van der Waals surface area contributed by atoms with Gasteiger partial charge < -0.3 is 25.3 Å². The molecule has 3 aromatic rings. The van der Waals surface area contributed by atoms with E-state index in [4.69, 9.17) is 10.5 Å². The second kappa shape index (κ2) is 9.44. The van der Waals surface area contributed by atoms with Gasteiger partial charge in [0.15, 0.2) is 5.96 Å². The van der Waals surface area contributed by atoms with Crippen molar-refractivity contribution >= 4 is 38.5 Å². The van der Waals surface area contributed by atoms with Crippen LogP contribution in [0.1, 0.15) is 12.5 Å². The molecule has 2 fully saturated rings. The molecular formula is C23H30N8O3S. The van der Waals surface area contributed by atoms with Gasteiger partial charge in [-0.15, -0.1) is 0 Å². The summed E-state index contributed by atoms with van der Waals surface area (Å²) in [4.78, 5) is 21.1. The first kappa shape index (κ1) is 23.5. The Bertz CT molecular complexity index is 1350. The molecule has 2 aliphatic rings. The van der Waals surface area contributed by atoms with Crippen molar-refractivity contribution in [1.29, 1.82) is 0 Å². The molecule has 5 rings (SSSR count). The van der Waals surface area contributed by atoms with Crippen LogP contribution in [0.5, 0.6) is 0 Å². The minimum absolute atomic E-state index is 0.0806. The van der Waals surface area contributed by atoms with Crippen LogP contribution < -0.4 is 10.6 Å². The lowest BCUT2D eigenvalue weighted by Gasteiger charge is -2.41. The maximum Gasteiger partial charge on any atom is 0.243 e. The summed E-state index contributed by atoms with van der Waals surface area (Å²) in [6.45, 7) is 7.75. The van der Waals surface area contributed by atoms with Gasteiger partial charge in [0.05, 0.1) is 29.2 Å². The van der Waals surface area contributed by atoms with Crippen LogP contribution in [-0.4, -0.2) is 90.5 Å². The van der Waals surface area contributed by atoms with E-state index >= 15 is 0 Å². The van der Waals surface area contributed by atoms with Crippen molar-refractivity contribution in [3.05, 3.63) is 42.4 Å². The lowest BCUT2D eigenvalue weighted by Crippen LogP contribution is -2.56. The Labute approximate surface area is 204 Å². The first-order chi connectivity index (χ1) is 16.8. The number of aliphatic imine (C=N–C) groups is 1. The number of nitrogens with two attached hydrogens (primary N) is 1. The molecule has 186 valence electrons. The molecule has 0 bridgehead atoms. The van der Waals surface area contributed by atoms with E-state index in [1.165, 1.54) is 4.31 Å². The van der Waals surface area contributed by atoms with Crippen molar-refractivity contribution in [3.8, 4) is 0 Å². The fourth-order valence-electron chi connectivity index (χ4n) is 4.67. The average molecular weight is 499 g/mol. The second-order valence-electron chi connectivity index (χ2n) is 8.86. The number of fused-ring (bicyclic) bond motifs is 1. The molecule has 0 amide bonds. The molecule has 35 heavy (non-hydrogen) atoms. The highest BCUT2D eigenvalue weighted by Crippen LogP contribution is 2.28. The van der Waals surface area contributed by atoms with Crippen molar-refractivity contribution in [2.75, 3.05) is 50.8 Å². The van der Waals surface area contributed by atoms with E-state index in [2.05, 4.69) is 31.8 Å². The quantitative estimate of drug-likeness (QED) is 0.408. The van der Waals surface area contributed by atoms with Crippen LogP contribution in [0.15, 0.2) is 46.7 Å². The molecule has 11 nitrogen and oxygen atoms in total. The molecule has 2 aromatic heterocycles. The van der Waals surface area contributed by atoms with Crippen LogP contribution in [0.25, 0.3) is 11.0 Å². The molecule has 1 aromatic carbocycles. The molecule has 0 aliphatic carbocycles. The molecule has 0 radical (unpaired) electrons. The van der Waals surface area contributed by atoms with Gasteiger partial charge >= 0.3 is 0 Å². The number of aromatic nitrogens is 3. The third-order valence-corrected chi connectivity index (χ3v) is 8.43. The third-order valence-electron chi connectivity index (χ3n) is 6.54. The summed E-state index contributed by atoms with van der Waals surface area (Å²) in [5, 5.41) is 1.04. The maximum atomic E-state index is 13.0. The predicted octanol–water partition coefficient (Wildman–Crippen LogP) is 1.44. The first-order valence-corrected chi connectivity index (χ1v) is 13.1. The van der Waals surface area contributed by atoms with Crippen LogP contribution in [0.3, 0.4) is 0 Å². The number of H-pyrrole nitrogens is 1. The molecular weight excluding hydrogens is 468 g/mol. The van der Waals surface area contributed by atoms with Gasteiger partial charge in [-0.1, -0.05) is 6.07 Å². The Morgan fingerprint density at radius 1 is 1.20 bits per heavy atom. The number of rotatable bonds is 4. The molecule has 2 aliphatic heterocycles. The summed E-state index contributed by atoms with van der Waals surface area (Å²) < 4.78 is 32.7. The van der Waals surface area contributed by atoms with E-state index in [1.54, 1.807) is 30.6 Å². The molecule has 4 heterocycles. The number of sulfonamides is 1. The lowest BCUT2D eigenvalue weighted by molar-refractivity contribution is 0.0730. The first-order valence-electron chi connectivity index (χ1n) is 11.7. The molecule has 3 N–H and O–H groups in total. The van der Waals surface area contributed by atoms with Gasteiger partial charge in [0.2, 0.25) is 10.0 Å². The second-order valence-corrected chi connectivity index (χ2v) is 10.8. The van der Waals surface area contributed by atoms with Gasteiger partial charge in [0.1, 0.15) is 17.8 Å². The van der Waals surface area contributed by atoms with Gasteiger partial charge in [0.25, 0.3) is 0 Å². The number of hydrogen-bond acceptors (Lipinski definition) is 7. The highest BCUT2D eigenvalue weighted by molar-refractivity contribution is 7.89. The van der Waals surface area contributed by atoms with E-state index in [9.17, 15) is 8.42 Å². The number of piperazine rings is 1. The molecule has 1 atom stereocenters. The van der Waals surface area contributed by atoms with Crippen LogP contribution in [0, 0.1) is 6.92 Å². The molecule has 0 unspecified atom stereocenters. The highest BCUT2D eigenvalue weighted by atomic mass is 32.2. The molecule has 2 saturated heterocycles. The number of guanidine groups is 1. The van der Waals surface area contributed by atoms with Crippen LogP contribution in [-0.2, 0) is 14.8 Å². The lowest BCUT2D eigenvalue weighted by atomic mass is 10.1. The number of nitrogens with zero attached hydrogens (tertiary/aromatic N) is 6. The number of morpholine rings is 1. The summed E-state index contributed by atoms with van der Waals surface area (Å²) in [5.41, 5.74) is 8.85. The summed E-state index contributed by atoms with van der Waals surface area (Å²) in [7, 11) is -3.60. The Morgan fingerprint density at radius 3 is 2.77 bits per heavy atom. The Balaban J connectivity index is 1.33. The van der Waals surface area contributed by atoms with Crippen molar-refractivity contribution < 1.29 is 13.2 Å². The van der Waals surface area contributed by atoms with Crippen LogP contribution in [0.2, 0.25) is 0 Å². The number of hydrogen-bond donors (Lipinski definition) is 2. The number of aromatic amines is 1. The van der Waals surface area contributed by atoms with E-state index in [-0.39, 0.29) is 10.9 Å². The number of nitrogens with one attached hydrogen (secondary N) is 1. The van der Waals surface area contributed by atoms with Gasteiger partial charge in [-0.2, -0.15) is 4.31 Å². The average Bonchev–Trinajstić information content (AvgIpc) is 3.25.